The highest BCUT2D eigenvalue weighted by Gasteiger charge is 2.30. The third-order valence-electron chi connectivity index (χ3n) is 8.62. The predicted molar refractivity (Wildman–Crippen MR) is 202 cm³/mol. The summed E-state index contributed by atoms with van der Waals surface area (Å²) >= 11 is 0. The predicted octanol–water partition coefficient (Wildman–Crippen LogP) is 4.25. The van der Waals surface area contributed by atoms with E-state index < -0.39 is 15.8 Å². The number of nitrogens with zero attached hydrogens (tertiary/aromatic N) is 4. The van der Waals surface area contributed by atoms with Crippen LogP contribution in [0.15, 0.2) is 146 Å². The summed E-state index contributed by atoms with van der Waals surface area (Å²) in [7, 11) is -2.03. The van der Waals surface area contributed by atoms with Gasteiger partial charge in [0.1, 0.15) is 11.4 Å². The normalized spacial score (nSPS) is 15.8. The molecule has 2 heterocycles. The summed E-state index contributed by atoms with van der Waals surface area (Å²) in [4.78, 5) is 46.0. The molecule has 6 aromatic rings. The summed E-state index contributed by atoms with van der Waals surface area (Å²) in [5.41, 5.74) is 2.02. The van der Waals surface area contributed by atoms with E-state index in [-0.39, 0.29) is 35.3 Å². The van der Waals surface area contributed by atoms with Crippen molar-refractivity contribution in [3.63, 3.8) is 0 Å². The summed E-state index contributed by atoms with van der Waals surface area (Å²) in [6, 6.07) is 40.3. The van der Waals surface area contributed by atoms with Gasteiger partial charge in [0, 0.05) is 27.9 Å². The van der Waals surface area contributed by atoms with Gasteiger partial charge < -0.3 is 10.6 Å². The number of hydrogen-bond acceptors (Lipinski definition) is 6. The molecule has 1 aliphatic rings. The minimum absolute atomic E-state index is 0.256. The lowest BCUT2D eigenvalue weighted by Gasteiger charge is -2.32. The van der Waals surface area contributed by atoms with Gasteiger partial charge >= 0.3 is 0 Å². The number of hydrogen-bond donors (Lipinski definition) is 2. The highest BCUT2D eigenvalue weighted by Crippen LogP contribution is 2.32. The van der Waals surface area contributed by atoms with E-state index in [1.54, 1.807) is 12.4 Å². The van der Waals surface area contributed by atoms with Gasteiger partial charge in [0.15, 0.2) is 0 Å². The number of nitrogens with one attached hydrogen (secondary N) is 2. The Kier molecular flexibility index (Phi) is 10.7. The van der Waals surface area contributed by atoms with E-state index in [0.717, 1.165) is 57.8 Å². The first-order valence-corrected chi connectivity index (χ1v) is 19.4. The van der Waals surface area contributed by atoms with E-state index in [9.17, 15) is 9.59 Å². The van der Waals surface area contributed by atoms with Crippen molar-refractivity contribution in [2.75, 3.05) is 0 Å². The lowest BCUT2D eigenvalue weighted by atomic mass is 9.90. The molecule has 7 rings (SSSR count). The molecule has 0 aliphatic heterocycles. The molecule has 10 heteroatoms. The highest BCUT2D eigenvalue weighted by molar-refractivity contribution is 7.80. The molecule has 8 nitrogen and oxygen atoms in total. The maximum absolute atomic E-state index is 13.7. The zero-order valence-electron chi connectivity index (χ0n) is 27.3. The van der Waals surface area contributed by atoms with Gasteiger partial charge in [-0.2, -0.15) is 0 Å². The van der Waals surface area contributed by atoms with Crippen LogP contribution in [0.2, 0.25) is 0 Å². The third kappa shape index (κ3) is 7.83. The molecule has 0 saturated heterocycles. The average molecular weight is 695 g/mol. The molecule has 2 atom stereocenters. The van der Waals surface area contributed by atoms with Crippen LogP contribution in [0.1, 0.15) is 46.7 Å². The van der Waals surface area contributed by atoms with Crippen molar-refractivity contribution in [3.05, 3.63) is 158 Å². The Hall–Kier alpha value is -5.16. The quantitative estimate of drug-likeness (QED) is 0.208. The van der Waals surface area contributed by atoms with E-state index in [2.05, 4.69) is 69.1 Å². The Morgan fingerprint density at radius 3 is 1.12 bits per heavy atom. The largest absolute Gasteiger partial charge is 0.346 e. The van der Waals surface area contributed by atoms with Gasteiger partial charge in [0.25, 0.3) is 11.8 Å². The van der Waals surface area contributed by atoms with Crippen molar-refractivity contribution in [3.8, 4) is 0 Å². The first kappa shape index (κ1) is 33.3. The van der Waals surface area contributed by atoms with Crippen LogP contribution >= 0.6 is 15.8 Å². The Labute approximate surface area is 294 Å². The highest BCUT2D eigenvalue weighted by atomic mass is 31.1. The van der Waals surface area contributed by atoms with Crippen LogP contribution in [0.4, 0.5) is 0 Å². The molecule has 50 heavy (non-hydrogen) atoms. The summed E-state index contributed by atoms with van der Waals surface area (Å²) in [5, 5.41) is 10.9. The Morgan fingerprint density at radius 1 is 0.480 bits per heavy atom. The van der Waals surface area contributed by atoms with Gasteiger partial charge in [-0.15, -0.1) is 0 Å². The maximum atomic E-state index is 13.7. The Balaban J connectivity index is 1.09. The molecule has 0 spiro atoms. The number of rotatable bonds is 10. The fraction of sp³-hybridized carbons (Fsp3) is 0.150. The minimum Gasteiger partial charge on any atom is -0.346 e. The van der Waals surface area contributed by atoms with Gasteiger partial charge in [-0.05, 0) is 34.1 Å². The second-order valence-corrected chi connectivity index (χ2v) is 16.3. The Morgan fingerprint density at radius 2 is 0.800 bits per heavy atom. The average Bonchev–Trinajstić information content (AvgIpc) is 3.18. The summed E-state index contributed by atoms with van der Waals surface area (Å²) < 4.78 is 0. The molecule has 0 radical (unpaired) electrons. The fourth-order valence-corrected chi connectivity index (χ4v) is 10.6. The topological polar surface area (TPSA) is 110 Å². The molecule has 1 fully saturated rings. The minimum atomic E-state index is -1.01. The lowest BCUT2D eigenvalue weighted by Crippen LogP contribution is -2.53. The van der Waals surface area contributed by atoms with Crippen LogP contribution < -0.4 is 42.7 Å². The van der Waals surface area contributed by atoms with Gasteiger partial charge in [0.05, 0.1) is 35.7 Å². The van der Waals surface area contributed by atoms with Crippen LogP contribution in [-0.2, 0) is 0 Å². The zero-order chi connectivity index (χ0) is 34.1. The first-order chi connectivity index (χ1) is 24.6. The number of aromatic nitrogens is 4. The summed E-state index contributed by atoms with van der Waals surface area (Å²) in [6.45, 7) is 0. The lowest BCUT2D eigenvalue weighted by molar-refractivity contribution is 0.0857. The van der Waals surface area contributed by atoms with Crippen LogP contribution in [0, 0.1) is 0 Å². The van der Waals surface area contributed by atoms with E-state index in [1.807, 2.05) is 72.8 Å². The number of carbonyl (C=O) groups excluding carboxylic acids is 2. The number of amides is 2. The first-order valence-electron chi connectivity index (χ1n) is 16.7. The monoisotopic (exact) mass is 694 g/mol. The summed E-state index contributed by atoms with van der Waals surface area (Å²) in [5.74, 6) is -0.612. The van der Waals surface area contributed by atoms with Crippen molar-refractivity contribution in [1.29, 1.82) is 0 Å². The Bertz CT molecular complexity index is 1810. The SMILES string of the molecule is O=C(N[C@H]1CCCC[C@H]1NC(=O)c1cncc(P(c2ccccc2)c2ccccc2)n1)c1cncc(P(c2ccccc2)c2ccccc2)n1. The van der Waals surface area contributed by atoms with Gasteiger partial charge in [-0.3, -0.25) is 19.6 Å². The number of carbonyl (C=O) groups is 2. The fourth-order valence-electron chi connectivity index (χ4n) is 6.24. The molecule has 0 unspecified atom stereocenters. The van der Waals surface area contributed by atoms with Crippen molar-refractivity contribution in [1.82, 2.24) is 30.6 Å². The van der Waals surface area contributed by atoms with E-state index in [1.165, 1.54) is 12.4 Å². The van der Waals surface area contributed by atoms with E-state index in [4.69, 9.17) is 9.97 Å². The van der Waals surface area contributed by atoms with Gasteiger partial charge in [0.2, 0.25) is 0 Å². The van der Waals surface area contributed by atoms with Crippen molar-refractivity contribution >= 4 is 59.7 Å². The molecule has 1 saturated carbocycles. The third-order valence-corrected chi connectivity index (χ3v) is 13.2. The second kappa shape index (κ2) is 16.0. The number of benzene rings is 4. The second-order valence-electron chi connectivity index (χ2n) is 12.0. The smallest absolute Gasteiger partial charge is 0.271 e. The van der Waals surface area contributed by atoms with Gasteiger partial charge in [-0.1, -0.05) is 134 Å². The molecule has 2 amide bonds. The van der Waals surface area contributed by atoms with Crippen molar-refractivity contribution in [2.45, 2.75) is 37.8 Å². The molecular formula is C40H36N6O2P2. The molecule has 2 N–H and O–H groups in total. The molecule has 4 aromatic carbocycles. The van der Waals surface area contributed by atoms with E-state index >= 15 is 0 Å². The zero-order valence-corrected chi connectivity index (χ0v) is 29.1. The van der Waals surface area contributed by atoms with Crippen LogP contribution in [-0.4, -0.2) is 43.8 Å². The van der Waals surface area contributed by atoms with Crippen LogP contribution in [0.5, 0.6) is 0 Å². The molecular weight excluding hydrogens is 658 g/mol. The molecule has 248 valence electrons. The standard InChI is InChI=1S/C40H36N6O2P2/c47-39(35-25-41-27-37(43-35)49(29-15-5-1-6-16-29)30-17-7-2-8-18-30)45-33-23-13-14-24-34(33)46-40(48)36-26-42-28-38(44-36)50(31-19-9-3-10-20-31)32-21-11-4-12-22-32/h1-12,15-22,25-28,33-34H,13-14,23-24H2,(H,45,47)(H,46,48)/t33-,34+. The van der Waals surface area contributed by atoms with Crippen molar-refractivity contribution in [2.24, 2.45) is 0 Å². The summed E-state index contributed by atoms with van der Waals surface area (Å²) in [6.07, 6.45) is 9.90. The van der Waals surface area contributed by atoms with E-state index in [0.29, 0.717) is 0 Å². The van der Waals surface area contributed by atoms with Crippen LogP contribution in [0.3, 0.4) is 0 Å². The maximum Gasteiger partial charge on any atom is 0.271 e. The van der Waals surface area contributed by atoms with Crippen LogP contribution in [0.25, 0.3) is 0 Å². The van der Waals surface area contributed by atoms with Crippen molar-refractivity contribution < 1.29 is 9.59 Å². The molecule has 1 aliphatic carbocycles. The molecule has 0 bridgehead atoms. The van der Waals surface area contributed by atoms with Gasteiger partial charge in [-0.25, -0.2) is 9.97 Å². The molecule has 2 aromatic heterocycles.